The molecule has 0 aromatic rings. The maximum Gasteiger partial charge on any atom is 0.242 e. The topological polar surface area (TPSA) is 125 Å². The van der Waals surface area contributed by atoms with Crippen molar-refractivity contribution in [1.82, 2.24) is 15.5 Å². The zero-order chi connectivity index (χ0) is 20.4. The fourth-order valence-electron chi connectivity index (χ4n) is 2.41. The first-order chi connectivity index (χ1) is 12.8. The van der Waals surface area contributed by atoms with Crippen LogP contribution in [0.25, 0.3) is 0 Å². The van der Waals surface area contributed by atoms with E-state index >= 15 is 0 Å². The summed E-state index contributed by atoms with van der Waals surface area (Å²) in [6.07, 6.45) is 0.951. The minimum Gasteiger partial charge on any atom is -0.356 e. The Bertz CT molecular complexity index is 570. The van der Waals surface area contributed by atoms with Crippen LogP contribution in [0.2, 0.25) is 0 Å². The molecular formula is C17H28N4O5S. The van der Waals surface area contributed by atoms with Gasteiger partial charge in [0.1, 0.15) is 6.54 Å². The number of hydrogen-bond donors (Lipinski definition) is 2. The molecular weight excluding hydrogens is 372 g/mol. The number of rotatable bonds is 12. The van der Waals surface area contributed by atoms with Crippen LogP contribution in [0.3, 0.4) is 0 Å². The molecule has 2 N–H and O–H groups in total. The molecule has 1 saturated heterocycles. The van der Waals surface area contributed by atoms with Crippen LogP contribution >= 0.6 is 11.8 Å². The monoisotopic (exact) mass is 400 g/mol. The molecule has 1 aliphatic heterocycles. The second kappa shape index (κ2) is 11.7. The lowest BCUT2D eigenvalue weighted by molar-refractivity contribution is -0.138. The van der Waals surface area contributed by atoms with Crippen LogP contribution in [0, 0.1) is 10.8 Å². The number of nitroso groups, excluding NO2 is 1. The molecule has 2 atom stereocenters. The van der Waals surface area contributed by atoms with Gasteiger partial charge < -0.3 is 10.6 Å². The van der Waals surface area contributed by atoms with Crippen LogP contribution < -0.4 is 10.6 Å². The zero-order valence-electron chi connectivity index (χ0n) is 16.0. The Morgan fingerprint density at radius 2 is 2.04 bits per heavy atom. The van der Waals surface area contributed by atoms with E-state index in [1.165, 1.54) is 11.8 Å². The van der Waals surface area contributed by atoms with Crippen LogP contribution in [0.5, 0.6) is 0 Å². The quantitative estimate of drug-likeness (QED) is 0.366. The van der Waals surface area contributed by atoms with Crippen molar-refractivity contribution in [3.63, 3.8) is 0 Å². The van der Waals surface area contributed by atoms with Gasteiger partial charge in [-0.2, -0.15) is 4.91 Å². The van der Waals surface area contributed by atoms with Crippen molar-refractivity contribution >= 4 is 35.4 Å². The molecule has 0 spiro atoms. The van der Waals surface area contributed by atoms with Crippen LogP contribution in [0.4, 0.5) is 0 Å². The van der Waals surface area contributed by atoms with E-state index in [4.69, 9.17) is 0 Å². The highest BCUT2D eigenvalue weighted by molar-refractivity contribution is 8.00. The van der Waals surface area contributed by atoms with Gasteiger partial charge in [-0.3, -0.25) is 24.1 Å². The third kappa shape index (κ3) is 7.66. The van der Waals surface area contributed by atoms with Crippen LogP contribution in [0.15, 0.2) is 5.18 Å². The van der Waals surface area contributed by atoms with E-state index in [1.54, 1.807) is 13.8 Å². The summed E-state index contributed by atoms with van der Waals surface area (Å²) in [7, 11) is 0. The fourth-order valence-corrected chi connectivity index (χ4v) is 3.60. The SMILES string of the molecule is CCCNC(=O)CCN1C(=O)CC(SCC(CN=O)NC(=O)C(C)C)C1=O. The van der Waals surface area contributed by atoms with Gasteiger partial charge in [-0.15, -0.1) is 11.8 Å². The molecule has 0 aliphatic carbocycles. The Hall–Kier alpha value is -1.97. The predicted octanol–water partition coefficient (Wildman–Crippen LogP) is 0.671. The Kier molecular flexibility index (Phi) is 9.98. The van der Waals surface area contributed by atoms with E-state index in [0.29, 0.717) is 12.3 Å². The molecule has 1 aliphatic rings. The van der Waals surface area contributed by atoms with Crippen molar-refractivity contribution in [2.45, 2.75) is 51.3 Å². The van der Waals surface area contributed by atoms with Gasteiger partial charge in [-0.25, -0.2) is 0 Å². The lowest BCUT2D eigenvalue weighted by Crippen LogP contribution is -2.41. The van der Waals surface area contributed by atoms with Crippen molar-refractivity contribution in [3.8, 4) is 0 Å². The van der Waals surface area contributed by atoms with Gasteiger partial charge in [0.2, 0.25) is 23.6 Å². The summed E-state index contributed by atoms with van der Waals surface area (Å²) in [6.45, 7) is 5.94. The molecule has 4 amide bonds. The Morgan fingerprint density at radius 3 is 2.63 bits per heavy atom. The molecule has 0 saturated carbocycles. The highest BCUT2D eigenvalue weighted by Gasteiger charge is 2.39. The number of imide groups is 1. The van der Waals surface area contributed by atoms with Gasteiger partial charge in [-0.1, -0.05) is 25.9 Å². The molecule has 0 bridgehead atoms. The first kappa shape index (κ1) is 23.1. The first-order valence-electron chi connectivity index (χ1n) is 9.12. The number of hydrogen-bond acceptors (Lipinski definition) is 7. The molecule has 1 rings (SSSR count). The van der Waals surface area contributed by atoms with Gasteiger partial charge >= 0.3 is 0 Å². The number of likely N-dealkylation sites (tertiary alicyclic amines) is 1. The van der Waals surface area contributed by atoms with Crippen LogP contribution in [0.1, 0.15) is 40.0 Å². The standard InChI is InChI=1S/C17H28N4O5S/c1-4-6-18-14(22)5-7-21-15(23)8-13(17(21)25)27-10-12(9-19-26)20-16(24)11(2)3/h11-13H,4-10H2,1-3H3,(H,18,22)(H,20,24). The summed E-state index contributed by atoms with van der Waals surface area (Å²) >= 11 is 1.22. The zero-order valence-corrected chi connectivity index (χ0v) is 16.8. The molecule has 0 aromatic heterocycles. The average Bonchev–Trinajstić information content (AvgIpc) is 2.89. The molecule has 0 radical (unpaired) electrons. The Labute approximate surface area is 163 Å². The second-order valence-electron chi connectivity index (χ2n) is 6.68. The molecule has 1 fully saturated rings. The molecule has 1 heterocycles. The number of thioether (sulfide) groups is 1. The smallest absolute Gasteiger partial charge is 0.242 e. The number of carbonyl (C=O) groups excluding carboxylic acids is 4. The normalized spacial score (nSPS) is 17.9. The van der Waals surface area contributed by atoms with Crippen molar-refractivity contribution in [2.75, 3.05) is 25.4 Å². The number of nitrogens with zero attached hydrogens (tertiary/aromatic N) is 2. The van der Waals surface area contributed by atoms with Crippen LogP contribution in [-0.2, 0) is 19.2 Å². The van der Waals surface area contributed by atoms with Crippen molar-refractivity contribution in [2.24, 2.45) is 11.1 Å². The third-order valence-electron chi connectivity index (χ3n) is 4.00. The third-order valence-corrected chi connectivity index (χ3v) is 5.37. The molecule has 2 unspecified atom stereocenters. The number of amides is 4. The van der Waals surface area contributed by atoms with E-state index < -0.39 is 11.3 Å². The summed E-state index contributed by atoms with van der Waals surface area (Å²) in [5.74, 6) is -0.954. The van der Waals surface area contributed by atoms with E-state index in [-0.39, 0.29) is 55.5 Å². The van der Waals surface area contributed by atoms with Gasteiger partial charge in [-0.05, 0) is 6.42 Å². The largest absolute Gasteiger partial charge is 0.356 e. The molecule has 0 aromatic carbocycles. The lowest BCUT2D eigenvalue weighted by atomic mass is 10.2. The summed E-state index contributed by atoms with van der Waals surface area (Å²) in [6, 6.07) is -0.487. The van der Waals surface area contributed by atoms with E-state index in [9.17, 15) is 24.1 Å². The summed E-state index contributed by atoms with van der Waals surface area (Å²) in [5.41, 5.74) is 0. The number of carbonyl (C=O) groups is 4. The maximum atomic E-state index is 12.4. The van der Waals surface area contributed by atoms with Gasteiger partial charge in [0.05, 0.1) is 11.3 Å². The molecule has 27 heavy (non-hydrogen) atoms. The lowest BCUT2D eigenvalue weighted by Gasteiger charge is -2.19. The van der Waals surface area contributed by atoms with E-state index in [0.717, 1.165) is 11.3 Å². The van der Waals surface area contributed by atoms with Gasteiger partial charge in [0, 0.05) is 37.6 Å². The maximum absolute atomic E-state index is 12.4. The summed E-state index contributed by atoms with van der Waals surface area (Å²) in [5, 5.41) is 7.69. The molecule has 152 valence electrons. The first-order valence-corrected chi connectivity index (χ1v) is 10.2. The van der Waals surface area contributed by atoms with Gasteiger partial charge in [0.25, 0.3) is 0 Å². The van der Waals surface area contributed by atoms with Crippen LogP contribution in [-0.4, -0.2) is 65.2 Å². The Morgan fingerprint density at radius 1 is 1.33 bits per heavy atom. The van der Waals surface area contributed by atoms with E-state index in [1.807, 2.05) is 6.92 Å². The summed E-state index contributed by atoms with van der Waals surface area (Å²) < 4.78 is 0. The molecule has 9 nitrogen and oxygen atoms in total. The highest BCUT2D eigenvalue weighted by atomic mass is 32.2. The van der Waals surface area contributed by atoms with Gasteiger partial charge in [0.15, 0.2) is 0 Å². The van der Waals surface area contributed by atoms with Crippen molar-refractivity contribution < 1.29 is 19.2 Å². The fraction of sp³-hybridized carbons (Fsp3) is 0.765. The van der Waals surface area contributed by atoms with Crippen molar-refractivity contribution in [1.29, 1.82) is 0 Å². The average molecular weight is 401 g/mol. The second-order valence-corrected chi connectivity index (χ2v) is 7.92. The molecule has 10 heteroatoms. The minimum absolute atomic E-state index is 0.0550. The number of nitrogens with one attached hydrogen (secondary N) is 2. The minimum atomic E-state index is -0.568. The summed E-state index contributed by atoms with van der Waals surface area (Å²) in [4.78, 5) is 59.6. The van der Waals surface area contributed by atoms with Crippen molar-refractivity contribution in [3.05, 3.63) is 4.91 Å². The van der Waals surface area contributed by atoms with E-state index in [2.05, 4.69) is 15.8 Å². The highest BCUT2D eigenvalue weighted by Crippen LogP contribution is 2.26. The Balaban J connectivity index is 2.52. The predicted molar refractivity (Wildman–Crippen MR) is 103 cm³/mol.